The van der Waals surface area contributed by atoms with Gasteiger partial charge in [0, 0.05) is 57.1 Å². The zero-order chi connectivity index (χ0) is 28.7. The van der Waals surface area contributed by atoms with Gasteiger partial charge in [-0.1, -0.05) is 32.9 Å². The molecule has 0 radical (unpaired) electrons. The van der Waals surface area contributed by atoms with E-state index in [0.29, 0.717) is 24.0 Å². The van der Waals surface area contributed by atoms with Gasteiger partial charge in [-0.2, -0.15) is 0 Å². The molecule has 9 nitrogen and oxygen atoms in total. The fourth-order valence-corrected chi connectivity index (χ4v) is 4.76. The largest absolute Gasteiger partial charge is 0.507 e. The summed E-state index contributed by atoms with van der Waals surface area (Å²) in [5, 5.41) is 31.3. The summed E-state index contributed by atoms with van der Waals surface area (Å²) in [7, 11) is 1.54. The Balaban J connectivity index is 1.90. The van der Waals surface area contributed by atoms with E-state index in [9.17, 15) is 9.90 Å². The second-order valence-electron chi connectivity index (χ2n) is 10.6. The zero-order valence-electron chi connectivity index (χ0n) is 24.2. The van der Waals surface area contributed by atoms with Gasteiger partial charge in [0.2, 0.25) is 0 Å². The second-order valence-corrected chi connectivity index (χ2v) is 10.6. The SMILES string of the molecule is CCCNC(=O)C(=N)N(C(=N)c1cc(C(C)C)c(OC)cc1O)c1ccc(CN2CCN(C(C)C)CC2)cc1. The van der Waals surface area contributed by atoms with E-state index in [1.165, 1.54) is 18.1 Å². The van der Waals surface area contributed by atoms with Crippen molar-refractivity contribution >= 4 is 23.3 Å². The number of carbonyl (C=O) groups excluding carboxylic acids is 1. The molecule has 1 aliphatic heterocycles. The van der Waals surface area contributed by atoms with Gasteiger partial charge in [-0.3, -0.25) is 30.3 Å². The van der Waals surface area contributed by atoms with Crippen LogP contribution < -0.4 is 15.0 Å². The van der Waals surface area contributed by atoms with Gasteiger partial charge < -0.3 is 15.2 Å². The van der Waals surface area contributed by atoms with Crippen LogP contribution in [0.5, 0.6) is 11.5 Å². The molecule has 1 fully saturated rings. The quantitative estimate of drug-likeness (QED) is 0.279. The number of benzene rings is 2. The summed E-state index contributed by atoms with van der Waals surface area (Å²) in [5.74, 6) is -0.663. The van der Waals surface area contributed by atoms with Gasteiger partial charge in [0.05, 0.1) is 12.7 Å². The molecule has 0 aromatic heterocycles. The molecule has 4 N–H and O–H groups in total. The van der Waals surface area contributed by atoms with Crippen LogP contribution in [-0.4, -0.2) is 78.4 Å². The van der Waals surface area contributed by atoms with Crippen molar-refractivity contribution in [2.45, 2.75) is 59.5 Å². The van der Waals surface area contributed by atoms with E-state index in [1.54, 1.807) is 6.07 Å². The predicted octanol–water partition coefficient (Wildman–Crippen LogP) is 4.39. The number of amidine groups is 2. The summed E-state index contributed by atoms with van der Waals surface area (Å²) < 4.78 is 5.43. The number of amides is 1. The Hall–Kier alpha value is -3.43. The topological polar surface area (TPSA) is 116 Å². The summed E-state index contributed by atoms with van der Waals surface area (Å²) in [4.78, 5) is 19.0. The lowest BCUT2D eigenvalue weighted by atomic mass is 9.97. The van der Waals surface area contributed by atoms with Gasteiger partial charge in [-0.15, -0.1) is 0 Å². The second kappa shape index (κ2) is 13.6. The molecule has 0 spiro atoms. The molecule has 0 unspecified atom stereocenters. The highest BCUT2D eigenvalue weighted by Gasteiger charge is 2.27. The van der Waals surface area contributed by atoms with Gasteiger partial charge in [0.1, 0.15) is 17.3 Å². The Bertz CT molecular complexity index is 1150. The molecule has 0 bridgehead atoms. The maximum absolute atomic E-state index is 12.8. The first kappa shape index (κ1) is 30.1. The van der Waals surface area contributed by atoms with Crippen molar-refractivity contribution < 1.29 is 14.6 Å². The monoisotopic (exact) mass is 536 g/mol. The fraction of sp³-hybridized carbons (Fsp3) is 0.500. The Morgan fingerprint density at radius 3 is 2.26 bits per heavy atom. The Morgan fingerprint density at radius 2 is 1.72 bits per heavy atom. The Kier molecular flexibility index (Phi) is 10.5. The van der Waals surface area contributed by atoms with Crippen molar-refractivity contribution in [1.29, 1.82) is 10.8 Å². The van der Waals surface area contributed by atoms with E-state index in [1.807, 2.05) is 45.0 Å². The number of ether oxygens (including phenoxy) is 1. The third-order valence-corrected chi connectivity index (χ3v) is 7.16. The summed E-state index contributed by atoms with van der Waals surface area (Å²) in [6, 6.07) is 11.4. The lowest BCUT2D eigenvalue weighted by Crippen LogP contribution is -2.48. The molecule has 2 aromatic carbocycles. The number of anilines is 1. The van der Waals surface area contributed by atoms with E-state index >= 15 is 0 Å². The predicted molar refractivity (Wildman–Crippen MR) is 158 cm³/mol. The van der Waals surface area contributed by atoms with E-state index < -0.39 is 5.91 Å². The third-order valence-electron chi connectivity index (χ3n) is 7.16. The molecule has 1 heterocycles. The van der Waals surface area contributed by atoms with E-state index in [2.05, 4.69) is 29.0 Å². The highest BCUT2D eigenvalue weighted by Crippen LogP contribution is 2.34. The number of nitrogens with one attached hydrogen (secondary N) is 3. The summed E-state index contributed by atoms with van der Waals surface area (Å²) in [6.07, 6.45) is 0.730. The molecule has 0 aliphatic carbocycles. The summed E-state index contributed by atoms with van der Waals surface area (Å²) in [5.41, 5.74) is 2.68. The van der Waals surface area contributed by atoms with Crippen LogP contribution in [0.3, 0.4) is 0 Å². The number of aromatic hydroxyl groups is 1. The van der Waals surface area contributed by atoms with Crippen LogP contribution in [0.15, 0.2) is 36.4 Å². The highest BCUT2D eigenvalue weighted by molar-refractivity contribution is 6.48. The number of nitrogens with zero attached hydrogens (tertiary/aromatic N) is 3. The number of hydrogen-bond donors (Lipinski definition) is 4. The minimum absolute atomic E-state index is 0.0783. The average Bonchev–Trinajstić information content (AvgIpc) is 2.92. The molecule has 1 saturated heterocycles. The van der Waals surface area contributed by atoms with Crippen molar-refractivity contribution in [3.8, 4) is 11.5 Å². The molecule has 212 valence electrons. The van der Waals surface area contributed by atoms with E-state index in [0.717, 1.165) is 50.3 Å². The molecule has 3 rings (SSSR count). The van der Waals surface area contributed by atoms with Crippen LogP contribution in [0.25, 0.3) is 0 Å². The van der Waals surface area contributed by atoms with Crippen molar-refractivity contribution in [2.24, 2.45) is 0 Å². The number of phenolic OH excluding ortho intramolecular Hbond substituents is 1. The zero-order valence-corrected chi connectivity index (χ0v) is 24.2. The molecular weight excluding hydrogens is 492 g/mol. The molecule has 9 heteroatoms. The first-order valence-corrected chi connectivity index (χ1v) is 13.8. The molecule has 2 aromatic rings. The number of rotatable bonds is 9. The summed E-state index contributed by atoms with van der Waals surface area (Å²) >= 11 is 0. The highest BCUT2D eigenvalue weighted by atomic mass is 16.5. The molecule has 0 atom stereocenters. The molecule has 39 heavy (non-hydrogen) atoms. The summed E-state index contributed by atoms with van der Waals surface area (Å²) in [6.45, 7) is 15.8. The number of hydrogen-bond acceptors (Lipinski definition) is 7. The lowest BCUT2D eigenvalue weighted by Gasteiger charge is -2.37. The maximum atomic E-state index is 12.8. The van der Waals surface area contributed by atoms with Gasteiger partial charge in [0.25, 0.3) is 5.91 Å². The third kappa shape index (κ3) is 7.36. The fourth-order valence-electron chi connectivity index (χ4n) is 4.76. The first-order valence-electron chi connectivity index (χ1n) is 13.8. The number of piperazine rings is 1. The van der Waals surface area contributed by atoms with Gasteiger partial charge in [0.15, 0.2) is 5.84 Å². The van der Waals surface area contributed by atoms with Crippen LogP contribution in [0, 0.1) is 10.8 Å². The van der Waals surface area contributed by atoms with Gasteiger partial charge in [-0.25, -0.2) is 0 Å². The average molecular weight is 537 g/mol. The van der Waals surface area contributed by atoms with Crippen LogP contribution in [0.2, 0.25) is 0 Å². The van der Waals surface area contributed by atoms with Crippen molar-refractivity contribution in [1.82, 2.24) is 15.1 Å². The standard InChI is InChI=1S/C30H44N6O3/c1-7-12-33-30(38)29(32)36(28(31)25-17-24(20(2)3)27(39-6)18-26(25)37)23-10-8-22(9-11-23)19-34-13-15-35(16-14-34)21(4)5/h8-11,17-18,20-21,31-32,37H,7,12-16,19H2,1-6H3,(H,33,38). The van der Waals surface area contributed by atoms with Gasteiger partial charge >= 0.3 is 0 Å². The Labute approximate surface area is 232 Å². The maximum Gasteiger partial charge on any atom is 0.287 e. The number of methoxy groups -OCH3 is 1. The van der Waals surface area contributed by atoms with Gasteiger partial charge in [-0.05, 0) is 55.5 Å². The molecule has 1 amide bonds. The van der Waals surface area contributed by atoms with Crippen LogP contribution in [0.4, 0.5) is 5.69 Å². The minimum atomic E-state index is -0.578. The number of carbonyl (C=O) groups is 1. The van der Waals surface area contributed by atoms with Crippen molar-refractivity contribution in [3.05, 3.63) is 53.1 Å². The molecule has 1 aliphatic rings. The first-order chi connectivity index (χ1) is 18.6. The van der Waals surface area contributed by atoms with Crippen LogP contribution in [-0.2, 0) is 11.3 Å². The molecule has 0 saturated carbocycles. The molecular formula is C30H44N6O3. The van der Waals surface area contributed by atoms with Crippen LogP contribution in [0.1, 0.15) is 63.6 Å². The van der Waals surface area contributed by atoms with E-state index in [-0.39, 0.29) is 28.9 Å². The smallest absolute Gasteiger partial charge is 0.287 e. The normalized spacial score (nSPS) is 14.5. The van der Waals surface area contributed by atoms with Crippen molar-refractivity contribution in [2.75, 3.05) is 44.7 Å². The van der Waals surface area contributed by atoms with Crippen LogP contribution >= 0.6 is 0 Å². The number of phenols is 1. The van der Waals surface area contributed by atoms with E-state index in [4.69, 9.17) is 15.6 Å². The Morgan fingerprint density at radius 1 is 1.08 bits per heavy atom. The van der Waals surface area contributed by atoms with Crippen molar-refractivity contribution in [3.63, 3.8) is 0 Å². The minimum Gasteiger partial charge on any atom is -0.507 e. The lowest BCUT2D eigenvalue weighted by molar-refractivity contribution is -0.114.